The van der Waals surface area contributed by atoms with Gasteiger partial charge in [-0.25, -0.2) is 13.4 Å². The van der Waals surface area contributed by atoms with Crippen LogP contribution in [0.4, 0.5) is 5.69 Å². The first-order valence-electron chi connectivity index (χ1n) is 6.72. The zero-order chi connectivity index (χ0) is 15.9. The van der Waals surface area contributed by atoms with E-state index < -0.39 is 10.0 Å². The highest BCUT2D eigenvalue weighted by Crippen LogP contribution is 2.25. The molecule has 1 aromatic carbocycles. The fraction of sp³-hybridized carbons (Fsp3) is 0. The Bertz CT molecular complexity index is 1050. The van der Waals surface area contributed by atoms with Crippen molar-refractivity contribution in [2.75, 3.05) is 4.72 Å². The number of furan rings is 1. The molecule has 0 amide bonds. The van der Waals surface area contributed by atoms with Gasteiger partial charge in [0.2, 0.25) is 0 Å². The third-order valence-corrected chi connectivity index (χ3v) is 6.03. The van der Waals surface area contributed by atoms with E-state index in [9.17, 15) is 8.42 Å². The number of anilines is 1. The van der Waals surface area contributed by atoms with E-state index in [0.29, 0.717) is 17.3 Å². The van der Waals surface area contributed by atoms with Crippen LogP contribution in [0.1, 0.15) is 0 Å². The van der Waals surface area contributed by atoms with Gasteiger partial charge in [0, 0.05) is 0 Å². The molecule has 0 atom stereocenters. The predicted octanol–water partition coefficient (Wildman–Crippen LogP) is 3.69. The highest BCUT2D eigenvalue weighted by atomic mass is 32.2. The number of rotatable bonds is 4. The number of hydrogen-bond donors (Lipinski definition) is 2. The molecule has 0 fully saturated rings. The van der Waals surface area contributed by atoms with Gasteiger partial charge in [0.05, 0.1) is 23.0 Å². The summed E-state index contributed by atoms with van der Waals surface area (Å²) in [5.41, 5.74) is 1.93. The molecule has 3 heterocycles. The zero-order valence-electron chi connectivity index (χ0n) is 11.7. The third-order valence-electron chi connectivity index (χ3n) is 3.25. The number of benzene rings is 1. The zero-order valence-corrected chi connectivity index (χ0v) is 13.3. The second-order valence-corrected chi connectivity index (χ2v) is 7.69. The summed E-state index contributed by atoms with van der Waals surface area (Å²) >= 11 is 1.17. The summed E-state index contributed by atoms with van der Waals surface area (Å²) in [5, 5.41) is 1.72. The normalized spacial score (nSPS) is 11.8. The Hall–Kier alpha value is -2.58. The third kappa shape index (κ3) is 2.62. The number of aromatic amines is 1. The van der Waals surface area contributed by atoms with Crippen molar-refractivity contribution in [2.45, 2.75) is 4.21 Å². The number of thiophene rings is 1. The molecule has 4 rings (SSSR count). The molecule has 6 nitrogen and oxygen atoms in total. The number of aromatic nitrogens is 2. The molecule has 0 spiro atoms. The molecule has 0 bridgehead atoms. The van der Waals surface area contributed by atoms with Crippen molar-refractivity contribution in [3.63, 3.8) is 0 Å². The van der Waals surface area contributed by atoms with Gasteiger partial charge in [-0.15, -0.1) is 11.3 Å². The highest BCUT2D eigenvalue weighted by molar-refractivity contribution is 7.94. The summed E-state index contributed by atoms with van der Waals surface area (Å²) in [6.07, 6.45) is 1.57. The van der Waals surface area contributed by atoms with Crippen LogP contribution in [-0.2, 0) is 10.0 Å². The number of nitrogens with zero attached hydrogens (tertiary/aromatic N) is 1. The van der Waals surface area contributed by atoms with Gasteiger partial charge in [-0.1, -0.05) is 6.07 Å². The number of H-pyrrole nitrogens is 1. The lowest BCUT2D eigenvalue weighted by molar-refractivity contribution is 0.578. The summed E-state index contributed by atoms with van der Waals surface area (Å²) in [4.78, 5) is 7.54. The van der Waals surface area contributed by atoms with Crippen molar-refractivity contribution in [1.29, 1.82) is 0 Å². The molecule has 0 saturated heterocycles. The Kier molecular flexibility index (Phi) is 3.21. The monoisotopic (exact) mass is 345 g/mol. The molecular formula is C15H11N3O3S2. The number of nitrogens with one attached hydrogen (secondary N) is 2. The van der Waals surface area contributed by atoms with Crippen LogP contribution in [0, 0.1) is 0 Å². The van der Waals surface area contributed by atoms with Crippen molar-refractivity contribution < 1.29 is 12.8 Å². The topological polar surface area (TPSA) is 88.0 Å². The van der Waals surface area contributed by atoms with Crippen molar-refractivity contribution in [3.8, 4) is 11.6 Å². The van der Waals surface area contributed by atoms with Gasteiger partial charge in [-0.05, 0) is 41.8 Å². The van der Waals surface area contributed by atoms with E-state index in [2.05, 4.69) is 14.7 Å². The molecule has 0 unspecified atom stereocenters. The first kappa shape index (κ1) is 14.0. The SMILES string of the molecule is O=S(=O)(Nc1ccc2nc(-c3ccco3)[nH]c2c1)c1cccs1. The van der Waals surface area contributed by atoms with E-state index in [-0.39, 0.29) is 4.21 Å². The second-order valence-electron chi connectivity index (χ2n) is 4.83. The van der Waals surface area contributed by atoms with Crippen LogP contribution in [0.2, 0.25) is 0 Å². The Morgan fingerprint density at radius 3 is 2.83 bits per heavy atom. The molecular weight excluding hydrogens is 334 g/mol. The summed E-state index contributed by atoms with van der Waals surface area (Å²) in [7, 11) is -3.56. The van der Waals surface area contributed by atoms with Crippen LogP contribution in [-0.4, -0.2) is 18.4 Å². The lowest BCUT2D eigenvalue weighted by atomic mass is 10.3. The first-order valence-corrected chi connectivity index (χ1v) is 9.08. The minimum atomic E-state index is -3.56. The summed E-state index contributed by atoms with van der Waals surface area (Å²) in [5.74, 6) is 1.23. The molecule has 23 heavy (non-hydrogen) atoms. The molecule has 0 saturated carbocycles. The lowest BCUT2D eigenvalue weighted by Crippen LogP contribution is -2.11. The second kappa shape index (κ2) is 5.25. The van der Waals surface area contributed by atoms with E-state index in [1.54, 1.807) is 54.1 Å². The molecule has 4 aromatic rings. The summed E-state index contributed by atoms with van der Waals surface area (Å²) in [6, 6.07) is 12.0. The van der Waals surface area contributed by atoms with E-state index in [1.807, 2.05) is 0 Å². The maximum Gasteiger partial charge on any atom is 0.271 e. The van der Waals surface area contributed by atoms with Crippen LogP contribution in [0.3, 0.4) is 0 Å². The van der Waals surface area contributed by atoms with Crippen LogP contribution in [0.25, 0.3) is 22.6 Å². The highest BCUT2D eigenvalue weighted by Gasteiger charge is 2.16. The number of hydrogen-bond acceptors (Lipinski definition) is 5. The standard InChI is InChI=1S/C15H11N3O3S2/c19-23(20,14-4-2-8-22-14)18-10-5-6-11-12(9-10)17-15(16-11)13-3-1-7-21-13/h1-9,18H,(H,16,17). The molecule has 0 aliphatic heterocycles. The predicted molar refractivity (Wildman–Crippen MR) is 88.9 cm³/mol. The van der Waals surface area contributed by atoms with E-state index in [0.717, 1.165) is 11.0 Å². The van der Waals surface area contributed by atoms with Gasteiger partial charge in [0.25, 0.3) is 10.0 Å². The number of fused-ring (bicyclic) bond motifs is 1. The van der Waals surface area contributed by atoms with Gasteiger partial charge in [0.1, 0.15) is 4.21 Å². The van der Waals surface area contributed by atoms with E-state index >= 15 is 0 Å². The maximum absolute atomic E-state index is 12.2. The molecule has 2 N–H and O–H groups in total. The lowest BCUT2D eigenvalue weighted by Gasteiger charge is -2.05. The van der Waals surface area contributed by atoms with Crippen LogP contribution in [0.15, 0.2) is 62.7 Å². The fourth-order valence-corrected chi connectivity index (χ4v) is 4.27. The van der Waals surface area contributed by atoms with Crippen molar-refractivity contribution in [1.82, 2.24) is 9.97 Å². The van der Waals surface area contributed by atoms with Gasteiger partial charge >= 0.3 is 0 Å². The van der Waals surface area contributed by atoms with E-state index in [1.165, 1.54) is 11.3 Å². The minimum Gasteiger partial charge on any atom is -0.461 e. The smallest absolute Gasteiger partial charge is 0.271 e. The number of sulfonamides is 1. The van der Waals surface area contributed by atoms with E-state index in [4.69, 9.17) is 4.42 Å². The average Bonchev–Trinajstić information content (AvgIpc) is 3.26. The van der Waals surface area contributed by atoms with Crippen LogP contribution >= 0.6 is 11.3 Å². The van der Waals surface area contributed by atoms with Gasteiger partial charge in [-0.2, -0.15) is 0 Å². The molecule has 116 valence electrons. The number of imidazole rings is 1. The van der Waals surface area contributed by atoms with Crippen molar-refractivity contribution in [3.05, 3.63) is 54.1 Å². The Balaban J connectivity index is 1.69. The van der Waals surface area contributed by atoms with Crippen molar-refractivity contribution >= 4 is 38.1 Å². The maximum atomic E-state index is 12.2. The first-order chi connectivity index (χ1) is 11.1. The Morgan fingerprint density at radius 2 is 2.09 bits per heavy atom. The van der Waals surface area contributed by atoms with Crippen LogP contribution < -0.4 is 4.72 Å². The quantitative estimate of drug-likeness (QED) is 0.590. The van der Waals surface area contributed by atoms with Gasteiger partial charge in [-0.3, -0.25) is 4.72 Å². The average molecular weight is 345 g/mol. The Labute approximate surface area is 135 Å². The molecule has 0 aliphatic rings. The molecule has 0 radical (unpaired) electrons. The molecule has 8 heteroatoms. The van der Waals surface area contributed by atoms with Crippen molar-refractivity contribution in [2.24, 2.45) is 0 Å². The van der Waals surface area contributed by atoms with Crippen LogP contribution in [0.5, 0.6) is 0 Å². The molecule has 0 aliphatic carbocycles. The Morgan fingerprint density at radius 1 is 1.17 bits per heavy atom. The minimum absolute atomic E-state index is 0.276. The fourth-order valence-electron chi connectivity index (χ4n) is 2.22. The van der Waals surface area contributed by atoms with Gasteiger partial charge in [0.15, 0.2) is 11.6 Å². The molecule has 3 aromatic heterocycles. The summed E-state index contributed by atoms with van der Waals surface area (Å²) < 4.78 is 32.6. The van der Waals surface area contributed by atoms with Gasteiger partial charge < -0.3 is 9.40 Å². The largest absolute Gasteiger partial charge is 0.461 e. The summed E-state index contributed by atoms with van der Waals surface area (Å²) in [6.45, 7) is 0.